The van der Waals surface area contributed by atoms with Crippen molar-refractivity contribution in [2.75, 3.05) is 0 Å². The fourth-order valence-corrected chi connectivity index (χ4v) is 4.87. The minimum atomic E-state index is 0.128. The average Bonchev–Trinajstić information content (AvgIpc) is 4.15. The number of aromatic amines is 1. The molecule has 378 valence electrons. The van der Waals surface area contributed by atoms with Crippen LogP contribution in [0.1, 0.15) is 215 Å². The van der Waals surface area contributed by atoms with E-state index >= 15 is 0 Å². The first-order chi connectivity index (χ1) is 30.9. The van der Waals surface area contributed by atoms with Gasteiger partial charge in [-0.15, -0.1) is 0 Å². The summed E-state index contributed by atoms with van der Waals surface area (Å²) >= 11 is 1.52. The first kappa shape index (κ1) is 73.1. The number of H-pyrrole nitrogens is 1. The second-order valence-electron chi connectivity index (χ2n) is 18.1. The third-order valence-electron chi connectivity index (χ3n) is 7.68. The molecule has 0 fully saturated rings. The molecule has 7 nitrogen and oxygen atoms in total. The lowest BCUT2D eigenvalue weighted by Gasteiger charge is -2.18. The minimum absolute atomic E-state index is 0.128. The van der Waals surface area contributed by atoms with Crippen LogP contribution in [0.15, 0.2) is 122 Å². The topological polar surface area (TPSA) is 85.2 Å². The van der Waals surface area contributed by atoms with Crippen molar-refractivity contribution in [1.82, 2.24) is 34.3 Å². The Kier molecular flexibility index (Phi) is 47.8. The van der Waals surface area contributed by atoms with Gasteiger partial charge in [0.1, 0.15) is 0 Å². The predicted octanol–water partition coefficient (Wildman–Crippen LogP) is 18.7. The number of rotatable bonds is 0. The Morgan fingerprint density at radius 1 is 0.470 bits per heavy atom. The van der Waals surface area contributed by atoms with Crippen molar-refractivity contribution in [1.29, 1.82) is 0 Å². The summed E-state index contributed by atoms with van der Waals surface area (Å²) in [4.78, 5) is 8.13. The summed E-state index contributed by atoms with van der Waals surface area (Å²) in [5, 5.41) is 13.0. The third-order valence-corrected chi connectivity index (χ3v) is 8.27. The van der Waals surface area contributed by atoms with Crippen molar-refractivity contribution in [3.8, 4) is 0 Å². The SMILES string of the molecule is CC.CC.CC.CC.CC.CC.CC(C)(C)c1ccccc1.CC(C)(C)c1ccccn1.CC(C)(C)c1ccn[nH]1.CC(C)(C)c1cnsc1.CC(C)(C)n1cccn1.Cc1cccnc1. The molecule has 66 heavy (non-hydrogen) atoms. The second kappa shape index (κ2) is 43.2. The largest absolute Gasteiger partial charge is 0.282 e. The number of hydrogen-bond donors (Lipinski definition) is 1. The van der Waals surface area contributed by atoms with Crippen molar-refractivity contribution in [2.24, 2.45) is 0 Å². The van der Waals surface area contributed by atoms with Gasteiger partial charge in [0, 0.05) is 71.0 Å². The quantitative estimate of drug-likeness (QED) is 0.164. The lowest BCUT2D eigenvalue weighted by Crippen LogP contribution is -2.21. The lowest BCUT2D eigenvalue weighted by molar-refractivity contribution is 0.355. The number of pyridine rings is 2. The molecule has 0 unspecified atom stereocenters. The van der Waals surface area contributed by atoms with Crippen LogP contribution < -0.4 is 0 Å². The molecule has 0 amide bonds. The summed E-state index contributed by atoms with van der Waals surface area (Å²) in [6.45, 7) is 58.6. The molecule has 0 spiro atoms. The Bertz CT molecular complexity index is 1580. The highest BCUT2D eigenvalue weighted by Gasteiger charge is 2.15. The van der Waals surface area contributed by atoms with Crippen LogP contribution in [-0.2, 0) is 27.2 Å². The molecular weight excluding hydrogens is 827 g/mol. The maximum Gasteiger partial charge on any atom is 0.0543 e. The molecule has 8 heteroatoms. The van der Waals surface area contributed by atoms with Crippen molar-refractivity contribution in [3.63, 3.8) is 0 Å². The summed E-state index contributed by atoms with van der Waals surface area (Å²) in [5.74, 6) is 0. The standard InChI is InChI=1S/C10H14.C9H13N.2C7H12N2.C7H11NS.C6H7N.6C2H6/c1-10(2,3)9-7-5-4-6-8-9;1-9(2,3)8-6-4-5-7-10-8;1-7(2,3)9-6-4-5-8-9;1-7(2,3)6-4-5-8-9-6;1-7(2,3)6-4-8-9-5-6;1-6-3-2-4-7-5-6;6*1-2/h4-8H,1-3H3;4-7H,1-3H3;4-6H,1-3H3;4-5H,1-3H3,(H,8,9);4-5H,1-3H3;2-5H,1H3;6*1-2H3. The monoisotopic (exact) mass is 932 g/mol. The Hall–Kier alpha value is -4.43. The maximum atomic E-state index is 4.25. The normalized spacial score (nSPS) is 9.82. The van der Waals surface area contributed by atoms with Gasteiger partial charge in [-0.3, -0.25) is 19.7 Å². The van der Waals surface area contributed by atoms with E-state index in [9.17, 15) is 0 Å². The smallest absolute Gasteiger partial charge is 0.0543 e. The Labute approximate surface area is 414 Å². The fraction of sp³-hybridized carbons (Fsp3) is 0.569. The van der Waals surface area contributed by atoms with Gasteiger partial charge in [0.15, 0.2) is 0 Å². The van der Waals surface area contributed by atoms with Crippen LogP contribution in [-0.4, -0.2) is 34.3 Å². The number of hydrogen-bond acceptors (Lipinski definition) is 6. The molecule has 1 N–H and O–H groups in total. The molecule has 5 heterocycles. The number of aromatic nitrogens is 7. The highest BCUT2D eigenvalue weighted by molar-refractivity contribution is 7.03. The van der Waals surface area contributed by atoms with E-state index in [2.05, 4.69) is 175 Å². The third kappa shape index (κ3) is 41.0. The van der Waals surface area contributed by atoms with Gasteiger partial charge in [0.2, 0.25) is 0 Å². The predicted molar refractivity (Wildman–Crippen MR) is 300 cm³/mol. The van der Waals surface area contributed by atoms with E-state index < -0.39 is 0 Å². The Morgan fingerprint density at radius 2 is 0.985 bits per heavy atom. The van der Waals surface area contributed by atoms with Crippen LogP contribution in [0.3, 0.4) is 0 Å². The summed E-state index contributed by atoms with van der Waals surface area (Å²) in [7, 11) is 0. The molecule has 0 radical (unpaired) electrons. The van der Waals surface area contributed by atoms with E-state index in [-0.39, 0.29) is 21.8 Å². The maximum absolute atomic E-state index is 4.25. The molecule has 0 aliphatic rings. The van der Waals surface area contributed by atoms with E-state index in [4.69, 9.17) is 0 Å². The van der Waals surface area contributed by atoms with Crippen LogP contribution in [0, 0.1) is 6.92 Å². The van der Waals surface area contributed by atoms with Crippen molar-refractivity contribution in [3.05, 3.63) is 150 Å². The minimum Gasteiger partial charge on any atom is -0.282 e. The Morgan fingerprint density at radius 3 is 1.20 bits per heavy atom. The zero-order valence-corrected chi connectivity index (χ0v) is 49.0. The van der Waals surface area contributed by atoms with Gasteiger partial charge in [0.05, 0.1) is 5.54 Å². The van der Waals surface area contributed by atoms with E-state index in [0.29, 0.717) is 5.41 Å². The van der Waals surface area contributed by atoms with Crippen LogP contribution >= 0.6 is 11.5 Å². The molecule has 0 saturated heterocycles. The molecule has 0 atom stereocenters. The summed E-state index contributed by atoms with van der Waals surface area (Å²) in [6, 6.07) is 24.5. The molecule has 0 bridgehead atoms. The van der Waals surface area contributed by atoms with Crippen LogP contribution in [0.25, 0.3) is 0 Å². The summed E-state index contributed by atoms with van der Waals surface area (Å²) in [5.41, 5.74) is 7.35. The number of nitrogens with zero attached hydrogens (tertiary/aromatic N) is 6. The number of nitrogens with one attached hydrogen (secondary N) is 1. The van der Waals surface area contributed by atoms with Crippen molar-refractivity contribution < 1.29 is 0 Å². The van der Waals surface area contributed by atoms with Gasteiger partial charge >= 0.3 is 0 Å². The van der Waals surface area contributed by atoms with Gasteiger partial charge in [-0.25, -0.2) is 4.37 Å². The average molecular weight is 933 g/mol. The fourth-order valence-electron chi connectivity index (χ4n) is 4.11. The first-order valence-electron chi connectivity index (χ1n) is 24.7. The summed E-state index contributed by atoms with van der Waals surface area (Å²) < 4.78 is 5.97. The molecule has 6 aromatic rings. The molecule has 0 aliphatic carbocycles. The van der Waals surface area contributed by atoms with Crippen LogP contribution in [0.2, 0.25) is 0 Å². The first-order valence-corrected chi connectivity index (χ1v) is 25.5. The highest BCUT2D eigenvalue weighted by atomic mass is 32.1. The Balaban J connectivity index is -0.000000156. The van der Waals surface area contributed by atoms with E-state index in [1.54, 1.807) is 18.6 Å². The molecular formula is C58H105N7S. The van der Waals surface area contributed by atoms with Crippen LogP contribution in [0.5, 0.6) is 0 Å². The highest BCUT2D eigenvalue weighted by Crippen LogP contribution is 2.23. The lowest BCUT2D eigenvalue weighted by atomic mass is 9.87. The zero-order chi connectivity index (χ0) is 53.1. The van der Waals surface area contributed by atoms with E-state index in [0.717, 1.165) is 5.69 Å². The van der Waals surface area contributed by atoms with E-state index in [1.165, 1.54) is 33.9 Å². The molecule has 5 aromatic heterocycles. The van der Waals surface area contributed by atoms with Gasteiger partial charge in [-0.2, -0.15) is 10.2 Å². The zero-order valence-electron chi connectivity index (χ0n) is 48.1. The van der Waals surface area contributed by atoms with Gasteiger partial charge in [-0.05, 0) is 97.1 Å². The van der Waals surface area contributed by atoms with Crippen LogP contribution in [0.4, 0.5) is 0 Å². The van der Waals surface area contributed by atoms with Crippen molar-refractivity contribution in [2.45, 2.75) is 221 Å². The molecule has 0 aliphatic heterocycles. The molecule has 6 rings (SSSR count). The second-order valence-corrected chi connectivity index (χ2v) is 18.8. The number of aryl methyl sites for hydroxylation is 1. The van der Waals surface area contributed by atoms with Gasteiger partial charge < -0.3 is 0 Å². The van der Waals surface area contributed by atoms with Gasteiger partial charge in [0.25, 0.3) is 0 Å². The van der Waals surface area contributed by atoms with Crippen molar-refractivity contribution >= 4 is 11.5 Å². The number of benzene rings is 1. The van der Waals surface area contributed by atoms with E-state index in [1.807, 2.05) is 156 Å². The summed E-state index contributed by atoms with van der Waals surface area (Å²) in [6.07, 6.45) is 12.9. The molecule has 0 saturated carbocycles. The van der Waals surface area contributed by atoms with Gasteiger partial charge in [-0.1, -0.05) is 209 Å². The molecule has 1 aromatic carbocycles.